The maximum Gasteiger partial charge on any atom is 0.0678 e. The van der Waals surface area contributed by atoms with Gasteiger partial charge in [-0.15, -0.1) is 0 Å². The zero-order valence-electron chi connectivity index (χ0n) is 8.77. The summed E-state index contributed by atoms with van der Waals surface area (Å²) >= 11 is 0. The molecule has 76 valence electrons. The van der Waals surface area contributed by atoms with Gasteiger partial charge in [-0.2, -0.15) is 0 Å². The van der Waals surface area contributed by atoms with E-state index in [0.717, 1.165) is 17.8 Å². The molecule has 2 heteroatoms. The summed E-state index contributed by atoms with van der Waals surface area (Å²) in [7, 11) is 1.92. The lowest BCUT2D eigenvalue weighted by Crippen LogP contribution is -1.98. The summed E-state index contributed by atoms with van der Waals surface area (Å²) in [5.74, 6) is 0. The molecule has 1 aromatic carbocycles. The van der Waals surface area contributed by atoms with Gasteiger partial charge in [0.2, 0.25) is 0 Å². The fraction of sp³-hybridized carbons (Fsp3) is 0.154. The predicted octanol–water partition coefficient (Wildman–Crippen LogP) is 2.71. The molecule has 1 N–H and O–H groups in total. The van der Waals surface area contributed by atoms with Gasteiger partial charge in [0.05, 0.1) is 11.4 Å². The summed E-state index contributed by atoms with van der Waals surface area (Å²) < 4.78 is 0. The van der Waals surface area contributed by atoms with Crippen molar-refractivity contribution in [3.63, 3.8) is 0 Å². The van der Waals surface area contributed by atoms with Crippen LogP contribution >= 0.6 is 0 Å². The van der Waals surface area contributed by atoms with E-state index in [1.807, 2.05) is 31.4 Å². The molecule has 0 spiro atoms. The highest BCUT2D eigenvalue weighted by Crippen LogP contribution is 2.15. The van der Waals surface area contributed by atoms with Crippen molar-refractivity contribution in [2.24, 2.45) is 0 Å². The van der Waals surface area contributed by atoms with Crippen molar-refractivity contribution in [3.8, 4) is 0 Å². The maximum atomic E-state index is 4.38. The predicted molar refractivity (Wildman–Crippen MR) is 63.0 cm³/mol. The van der Waals surface area contributed by atoms with Gasteiger partial charge in [0.15, 0.2) is 0 Å². The average molecular weight is 198 g/mol. The van der Waals surface area contributed by atoms with Gasteiger partial charge in [-0.05, 0) is 17.7 Å². The molecule has 0 bridgehead atoms. The zero-order valence-corrected chi connectivity index (χ0v) is 8.77. The molecule has 0 aliphatic rings. The topological polar surface area (TPSA) is 24.9 Å². The minimum atomic E-state index is 0.873. The number of anilines is 1. The van der Waals surface area contributed by atoms with Gasteiger partial charge >= 0.3 is 0 Å². The highest BCUT2D eigenvalue weighted by Gasteiger charge is 2.01. The van der Waals surface area contributed by atoms with E-state index in [1.54, 1.807) is 0 Å². The first-order valence-electron chi connectivity index (χ1n) is 5.05. The Hall–Kier alpha value is -1.83. The lowest BCUT2D eigenvalue weighted by molar-refractivity contribution is 1.07. The second-order valence-corrected chi connectivity index (χ2v) is 3.41. The van der Waals surface area contributed by atoms with E-state index in [9.17, 15) is 0 Å². The van der Waals surface area contributed by atoms with E-state index in [-0.39, 0.29) is 0 Å². The minimum Gasteiger partial charge on any atom is -0.387 e. The Labute approximate surface area is 90.0 Å². The summed E-state index contributed by atoms with van der Waals surface area (Å²) in [6.45, 7) is 0. The van der Waals surface area contributed by atoms with Crippen LogP contribution in [-0.2, 0) is 6.42 Å². The zero-order chi connectivity index (χ0) is 10.5. The standard InChI is InChI=1S/C13H14N2/c1-14-12-8-5-9-15-13(12)10-11-6-3-2-4-7-11/h2-9,14H,10H2,1H3. The SMILES string of the molecule is CNc1cccnc1Cc1ccccc1. The van der Waals surface area contributed by atoms with E-state index < -0.39 is 0 Å². The first kappa shape index (κ1) is 9.71. The molecule has 0 saturated carbocycles. The van der Waals surface area contributed by atoms with Crippen LogP contribution in [0, 0.1) is 0 Å². The molecule has 15 heavy (non-hydrogen) atoms. The fourth-order valence-electron chi connectivity index (χ4n) is 1.60. The number of nitrogens with one attached hydrogen (secondary N) is 1. The van der Waals surface area contributed by atoms with Crippen molar-refractivity contribution < 1.29 is 0 Å². The number of aromatic nitrogens is 1. The molecule has 0 aliphatic heterocycles. The van der Waals surface area contributed by atoms with Crippen LogP contribution in [0.1, 0.15) is 11.3 Å². The van der Waals surface area contributed by atoms with Crippen molar-refractivity contribution in [1.29, 1.82) is 0 Å². The van der Waals surface area contributed by atoms with Gasteiger partial charge < -0.3 is 5.32 Å². The average Bonchev–Trinajstić information content (AvgIpc) is 2.31. The van der Waals surface area contributed by atoms with Gasteiger partial charge in [0.1, 0.15) is 0 Å². The lowest BCUT2D eigenvalue weighted by atomic mass is 10.1. The minimum absolute atomic E-state index is 0.873. The second kappa shape index (κ2) is 4.60. The molecule has 2 rings (SSSR count). The molecule has 0 atom stereocenters. The first-order valence-corrected chi connectivity index (χ1v) is 5.05. The highest BCUT2D eigenvalue weighted by molar-refractivity contribution is 5.48. The van der Waals surface area contributed by atoms with Crippen LogP contribution in [-0.4, -0.2) is 12.0 Å². The van der Waals surface area contributed by atoms with E-state index in [4.69, 9.17) is 0 Å². The van der Waals surface area contributed by atoms with Crippen LogP contribution in [0.3, 0.4) is 0 Å². The van der Waals surface area contributed by atoms with Crippen molar-refractivity contribution in [2.75, 3.05) is 12.4 Å². The summed E-state index contributed by atoms with van der Waals surface area (Å²) in [5.41, 5.74) is 3.47. The molecule has 2 aromatic rings. The fourth-order valence-corrected chi connectivity index (χ4v) is 1.60. The van der Waals surface area contributed by atoms with Crippen LogP contribution in [0.5, 0.6) is 0 Å². The Bertz CT molecular complexity index is 424. The van der Waals surface area contributed by atoms with Crippen molar-refractivity contribution >= 4 is 5.69 Å². The Kier molecular flexibility index (Phi) is 2.98. The van der Waals surface area contributed by atoms with E-state index in [1.165, 1.54) is 5.56 Å². The van der Waals surface area contributed by atoms with Crippen LogP contribution in [0.15, 0.2) is 48.7 Å². The Morgan fingerprint density at radius 2 is 1.87 bits per heavy atom. The van der Waals surface area contributed by atoms with Gasteiger partial charge in [0, 0.05) is 19.7 Å². The van der Waals surface area contributed by atoms with Crippen molar-refractivity contribution in [3.05, 3.63) is 59.9 Å². The normalized spacial score (nSPS) is 9.93. The molecule has 0 unspecified atom stereocenters. The number of pyridine rings is 1. The van der Waals surface area contributed by atoms with E-state index in [2.05, 4.69) is 34.6 Å². The number of rotatable bonds is 3. The van der Waals surface area contributed by atoms with E-state index >= 15 is 0 Å². The number of hydrogen-bond donors (Lipinski definition) is 1. The third-order valence-electron chi connectivity index (χ3n) is 2.37. The maximum absolute atomic E-state index is 4.38. The summed E-state index contributed by atoms with van der Waals surface area (Å²) in [5, 5.41) is 3.15. The molecule has 0 saturated heterocycles. The molecule has 2 nitrogen and oxygen atoms in total. The molecule has 1 heterocycles. The van der Waals surface area contributed by atoms with Crippen LogP contribution < -0.4 is 5.32 Å². The number of benzene rings is 1. The third-order valence-corrected chi connectivity index (χ3v) is 2.37. The van der Waals surface area contributed by atoms with Gasteiger partial charge in [-0.1, -0.05) is 30.3 Å². The molecule has 1 aromatic heterocycles. The second-order valence-electron chi connectivity index (χ2n) is 3.41. The summed E-state index contributed by atoms with van der Waals surface area (Å²) in [4.78, 5) is 4.38. The Morgan fingerprint density at radius 1 is 1.07 bits per heavy atom. The summed E-state index contributed by atoms with van der Waals surface area (Å²) in [6.07, 6.45) is 2.71. The first-order chi connectivity index (χ1) is 7.40. The van der Waals surface area contributed by atoms with Crippen LogP contribution in [0.25, 0.3) is 0 Å². The van der Waals surface area contributed by atoms with Crippen LogP contribution in [0.4, 0.5) is 5.69 Å². The van der Waals surface area contributed by atoms with Crippen LogP contribution in [0.2, 0.25) is 0 Å². The van der Waals surface area contributed by atoms with Gasteiger partial charge in [-0.3, -0.25) is 4.98 Å². The van der Waals surface area contributed by atoms with Crippen molar-refractivity contribution in [2.45, 2.75) is 6.42 Å². The Balaban J connectivity index is 2.24. The summed E-state index contributed by atoms with van der Waals surface area (Å²) in [6, 6.07) is 14.4. The molecule has 0 aliphatic carbocycles. The molecule has 0 amide bonds. The number of hydrogen-bond acceptors (Lipinski definition) is 2. The smallest absolute Gasteiger partial charge is 0.0678 e. The third kappa shape index (κ3) is 2.34. The quantitative estimate of drug-likeness (QED) is 0.820. The molecule has 0 radical (unpaired) electrons. The highest BCUT2D eigenvalue weighted by atomic mass is 14.9. The Morgan fingerprint density at radius 3 is 2.60 bits per heavy atom. The van der Waals surface area contributed by atoms with E-state index in [0.29, 0.717) is 0 Å². The molecule has 0 fully saturated rings. The monoisotopic (exact) mass is 198 g/mol. The lowest BCUT2D eigenvalue weighted by Gasteiger charge is -2.07. The molecular weight excluding hydrogens is 184 g/mol. The van der Waals surface area contributed by atoms with Crippen molar-refractivity contribution in [1.82, 2.24) is 4.98 Å². The van der Waals surface area contributed by atoms with Gasteiger partial charge in [-0.25, -0.2) is 0 Å². The number of nitrogens with zero attached hydrogens (tertiary/aromatic N) is 1. The van der Waals surface area contributed by atoms with Gasteiger partial charge in [0.25, 0.3) is 0 Å². The largest absolute Gasteiger partial charge is 0.387 e. The molecular formula is C13H14N2.